The lowest BCUT2D eigenvalue weighted by molar-refractivity contribution is -0.144. The number of carbonyl (C=O) groups excluding carboxylic acids is 4. The van der Waals surface area contributed by atoms with E-state index in [0.29, 0.717) is 5.56 Å². The molecule has 306 valence electrons. The van der Waals surface area contributed by atoms with E-state index in [1.807, 2.05) is 34.6 Å². The Kier molecular flexibility index (Phi) is 13.6. The van der Waals surface area contributed by atoms with Gasteiger partial charge in [-0.2, -0.15) is 0 Å². The Morgan fingerprint density at radius 3 is 2.02 bits per heavy atom. The summed E-state index contributed by atoms with van der Waals surface area (Å²) in [5, 5.41) is 15.7. The van der Waals surface area contributed by atoms with Crippen molar-refractivity contribution in [2.45, 2.75) is 104 Å². The molecule has 1 aromatic carbocycles. The number of hydrogen-bond donors (Lipinski definition) is 5. The number of primary sulfonamides is 1. The van der Waals surface area contributed by atoms with Crippen molar-refractivity contribution < 1.29 is 44.8 Å². The van der Waals surface area contributed by atoms with Crippen molar-refractivity contribution in [3.05, 3.63) is 29.8 Å². The van der Waals surface area contributed by atoms with Gasteiger partial charge in [-0.25, -0.2) is 39.9 Å². The number of halogens is 2. The predicted octanol–water partition coefficient (Wildman–Crippen LogP) is 1.64. The Hall–Kier alpha value is -3.42. The zero-order valence-electron chi connectivity index (χ0n) is 32.7. The Labute approximate surface area is 318 Å². The molecule has 15 nitrogen and oxygen atoms in total. The highest BCUT2D eigenvalue weighted by molar-refractivity contribution is 7.89. The molecule has 1 aromatic rings. The third-order valence-corrected chi connectivity index (χ3v) is 12.7. The number of rotatable bonds is 15. The van der Waals surface area contributed by atoms with E-state index < -0.39 is 91.6 Å². The largest absolute Gasteiger partial charge is 0.354 e. The van der Waals surface area contributed by atoms with Crippen LogP contribution in [0, 0.1) is 28.1 Å². The summed E-state index contributed by atoms with van der Waals surface area (Å²) in [6.45, 7) is 14.7. The number of hydrogen-bond acceptors (Lipinski definition) is 8. The van der Waals surface area contributed by atoms with Gasteiger partial charge < -0.3 is 26.2 Å². The van der Waals surface area contributed by atoms with Crippen molar-refractivity contribution in [3.63, 3.8) is 0 Å². The van der Waals surface area contributed by atoms with Crippen molar-refractivity contribution in [3.8, 4) is 0 Å². The van der Waals surface area contributed by atoms with Crippen molar-refractivity contribution in [2.75, 3.05) is 32.9 Å². The zero-order valence-corrected chi connectivity index (χ0v) is 34.3. The molecule has 0 aromatic heterocycles. The Morgan fingerprint density at radius 2 is 1.54 bits per heavy atom. The number of carbonyl (C=O) groups is 4. The van der Waals surface area contributed by atoms with Crippen LogP contribution < -0.4 is 26.4 Å². The van der Waals surface area contributed by atoms with Gasteiger partial charge in [-0.1, -0.05) is 67.5 Å². The number of nitrogens with two attached hydrogens (primary N) is 1. The first kappa shape index (κ1) is 45.0. The maximum absolute atomic E-state index is 14.3. The highest BCUT2D eigenvalue weighted by atomic mass is 32.2. The minimum Gasteiger partial charge on any atom is -0.354 e. The average molecular weight is 806 g/mol. The average Bonchev–Trinajstić information content (AvgIpc) is 3.32. The maximum Gasteiger partial charge on any atom is 0.315 e. The normalized spacial score (nSPS) is 21.5. The summed E-state index contributed by atoms with van der Waals surface area (Å²) in [7, 11) is -6.05. The summed E-state index contributed by atoms with van der Waals surface area (Å²) < 4.78 is 75.8. The molecule has 1 saturated heterocycles. The zero-order chi connectivity index (χ0) is 41.4. The van der Waals surface area contributed by atoms with Gasteiger partial charge >= 0.3 is 6.03 Å². The molecular formula is C35H57F2N7O8S2. The quantitative estimate of drug-likeness (QED) is 0.175. The summed E-state index contributed by atoms with van der Waals surface area (Å²) in [5.74, 6) is -2.61. The van der Waals surface area contributed by atoms with Crippen LogP contribution in [0.15, 0.2) is 29.2 Å². The van der Waals surface area contributed by atoms with E-state index in [1.54, 1.807) is 20.8 Å². The van der Waals surface area contributed by atoms with Crippen LogP contribution in [0.3, 0.4) is 0 Å². The number of piperidine rings is 1. The number of nitrogens with one attached hydrogen (secondary N) is 4. The van der Waals surface area contributed by atoms with Crippen LogP contribution >= 0.6 is 0 Å². The van der Waals surface area contributed by atoms with Crippen LogP contribution in [0.1, 0.15) is 67.4 Å². The third-order valence-electron chi connectivity index (χ3n) is 10.5. The fraction of sp³-hybridized carbons (Fsp3) is 0.714. The number of likely N-dealkylation sites (tertiary alicyclic amines) is 1. The van der Waals surface area contributed by atoms with Crippen molar-refractivity contribution in [1.29, 1.82) is 0 Å². The smallest absolute Gasteiger partial charge is 0.315 e. The van der Waals surface area contributed by atoms with Crippen LogP contribution in [0.5, 0.6) is 0 Å². The van der Waals surface area contributed by atoms with Gasteiger partial charge in [0, 0.05) is 39.1 Å². The Balaban J connectivity index is 1.78. The number of amides is 5. The lowest BCUT2D eigenvalue weighted by Gasteiger charge is -2.39. The second-order valence-electron chi connectivity index (χ2n) is 17.2. The topological polar surface area (TPSA) is 217 Å². The molecule has 0 radical (unpaired) electrons. The number of fused-ring (bicyclic) bond motifs is 1. The first-order chi connectivity index (χ1) is 24.5. The van der Waals surface area contributed by atoms with Crippen LogP contribution in [0.25, 0.3) is 0 Å². The highest BCUT2D eigenvalue weighted by Gasteiger charge is 2.70. The van der Waals surface area contributed by atoms with Gasteiger partial charge in [-0.3, -0.25) is 14.4 Å². The van der Waals surface area contributed by atoms with Gasteiger partial charge in [0.25, 0.3) is 0 Å². The molecule has 54 heavy (non-hydrogen) atoms. The number of likely N-dealkylation sites (N-methyl/N-ethyl adjacent to an activating group) is 1. The molecule has 1 aliphatic carbocycles. The molecule has 2 aliphatic rings. The number of nitrogens with zero attached hydrogens (tertiary/aromatic N) is 2. The molecular weight excluding hydrogens is 749 g/mol. The Bertz CT molecular complexity index is 1780. The summed E-state index contributed by atoms with van der Waals surface area (Å²) in [4.78, 5) is 56.2. The monoisotopic (exact) mass is 805 g/mol. The molecule has 1 saturated carbocycles. The minimum absolute atomic E-state index is 0.00343. The van der Waals surface area contributed by atoms with E-state index in [-0.39, 0.29) is 48.2 Å². The highest BCUT2D eigenvalue weighted by Crippen LogP contribution is 2.65. The molecule has 6 atom stereocenters. The summed E-state index contributed by atoms with van der Waals surface area (Å²) in [5.41, 5.74) is -1.16. The molecule has 6 N–H and O–H groups in total. The molecule has 0 unspecified atom stereocenters. The summed E-state index contributed by atoms with van der Waals surface area (Å²) in [6, 6.07) is 0.379. The molecule has 5 amide bonds. The predicted molar refractivity (Wildman–Crippen MR) is 199 cm³/mol. The van der Waals surface area contributed by atoms with E-state index in [0.717, 1.165) is 10.6 Å². The molecule has 0 bridgehead atoms. The molecule has 3 rings (SSSR count). The van der Waals surface area contributed by atoms with Gasteiger partial charge in [0.15, 0.2) is 0 Å². The second-order valence-corrected chi connectivity index (χ2v) is 20.8. The first-order valence-corrected chi connectivity index (χ1v) is 21.1. The second kappa shape index (κ2) is 16.4. The van der Waals surface area contributed by atoms with E-state index >= 15 is 0 Å². The van der Waals surface area contributed by atoms with E-state index in [9.17, 15) is 44.8 Å². The van der Waals surface area contributed by atoms with Crippen LogP contribution in [-0.4, -0.2) is 113 Å². The number of urea groups is 1. The molecule has 2 fully saturated rings. The lowest BCUT2D eigenvalue weighted by Crippen LogP contribution is -2.62. The Morgan fingerprint density at radius 1 is 0.963 bits per heavy atom. The standard InChI is InChI=1S/C35H57F2N7O8S2/c1-33(2,3)24(19-43(9)53(10,49)50)41-32(48)42-28(34(4,5)6)31(47)44-18-22-26(35(22,7)8)27(44)30(46)40-23(17-25(36)37)29(45)39-16-15-20-11-13-21(14-12-20)54(38,51)52/h11-14,22-28H,15-19H2,1-10H3,(H,39,45)(H,40,46)(H2,38,51,52)(H2,41,42,48)/t22-,23-,24+,26-,27-,28+/m0/s1. The van der Waals surface area contributed by atoms with Gasteiger partial charge in [-0.15, -0.1) is 0 Å². The molecule has 1 heterocycles. The van der Waals surface area contributed by atoms with Gasteiger partial charge in [0.2, 0.25) is 44.2 Å². The molecule has 1 aliphatic heterocycles. The number of alkyl halides is 2. The first-order valence-electron chi connectivity index (χ1n) is 17.7. The van der Waals surface area contributed by atoms with Gasteiger partial charge in [0.1, 0.15) is 18.1 Å². The molecule has 0 spiro atoms. The SMILES string of the molecule is CN(C[C@@H](NC(=O)N[C@H](C(=O)N1C[C@H]2[C@@H]([C@H]1C(=O)N[C@@H](CC(F)F)C(=O)NCCc1ccc(S(N)(=O)=O)cc1)C2(C)C)C(C)(C)C)C(C)(C)C)S(C)(=O)=O. The van der Waals surface area contributed by atoms with E-state index in [2.05, 4.69) is 21.3 Å². The van der Waals surface area contributed by atoms with Crippen molar-refractivity contribution in [1.82, 2.24) is 30.5 Å². The van der Waals surface area contributed by atoms with Crippen LogP contribution in [-0.2, 0) is 40.9 Å². The molecule has 19 heteroatoms. The van der Waals surface area contributed by atoms with Gasteiger partial charge in [0.05, 0.1) is 11.2 Å². The maximum atomic E-state index is 14.3. The fourth-order valence-electron chi connectivity index (χ4n) is 6.85. The summed E-state index contributed by atoms with van der Waals surface area (Å²) in [6.07, 6.45) is -2.63. The van der Waals surface area contributed by atoms with E-state index in [4.69, 9.17) is 5.14 Å². The number of sulfonamides is 2. The van der Waals surface area contributed by atoms with Crippen molar-refractivity contribution in [2.24, 2.45) is 33.2 Å². The minimum atomic E-state index is -3.89. The number of benzene rings is 1. The van der Waals surface area contributed by atoms with Crippen LogP contribution in [0.2, 0.25) is 0 Å². The summed E-state index contributed by atoms with van der Waals surface area (Å²) >= 11 is 0. The third kappa shape index (κ3) is 11.3. The lowest BCUT2D eigenvalue weighted by atomic mass is 9.85. The van der Waals surface area contributed by atoms with Gasteiger partial charge in [-0.05, 0) is 52.2 Å². The van der Waals surface area contributed by atoms with E-state index in [1.165, 1.54) is 36.2 Å². The fourth-order valence-corrected chi connectivity index (χ4v) is 7.79. The van der Waals surface area contributed by atoms with Crippen LogP contribution in [0.4, 0.5) is 13.6 Å². The van der Waals surface area contributed by atoms with Crippen molar-refractivity contribution >= 4 is 43.8 Å².